The number of nitrogens with two attached hydrogens (primary N) is 2. The molecule has 0 saturated carbocycles. The second-order valence-corrected chi connectivity index (χ2v) is 6.49. The fourth-order valence-corrected chi connectivity index (χ4v) is 2.60. The molecule has 3 rings (SSSR count). The number of anilines is 2. The van der Waals surface area contributed by atoms with Crippen LogP contribution < -0.4 is 26.3 Å². The van der Waals surface area contributed by atoms with Crippen molar-refractivity contribution in [1.82, 2.24) is 15.0 Å². The molecule has 0 aromatic carbocycles. The summed E-state index contributed by atoms with van der Waals surface area (Å²) in [6, 6.07) is 1.26. The quantitative estimate of drug-likeness (QED) is 0.547. The number of nitrogens with zero attached hydrogens (tertiary/aromatic N) is 4. The molecule has 2 aromatic heterocycles. The molecular weight excluding hydrogens is 442 g/mol. The third kappa shape index (κ3) is 4.55. The van der Waals surface area contributed by atoms with Gasteiger partial charge < -0.3 is 25.7 Å². The van der Waals surface area contributed by atoms with Gasteiger partial charge in [0.05, 0.1) is 6.20 Å². The first-order chi connectivity index (χ1) is 15.1. The molecular formula is C17H17F4N7O4. The normalized spacial score (nSPS) is 19.5. The number of carbonyl (C=O) groups is 1. The average Bonchev–Trinajstić information content (AvgIpc) is 2.73. The van der Waals surface area contributed by atoms with E-state index in [-0.39, 0.29) is 24.1 Å². The molecule has 2 aromatic rings. The molecule has 172 valence electrons. The maximum absolute atomic E-state index is 14.5. The molecule has 0 unspecified atom stereocenters. The first kappa shape index (κ1) is 22.8. The first-order valence-electron chi connectivity index (χ1n) is 8.89. The Morgan fingerprint density at radius 1 is 1.31 bits per heavy atom. The number of amidine groups is 1. The molecule has 1 atom stereocenters. The van der Waals surface area contributed by atoms with Crippen LogP contribution in [0.15, 0.2) is 23.3 Å². The van der Waals surface area contributed by atoms with Gasteiger partial charge in [-0.2, -0.15) is 13.8 Å². The van der Waals surface area contributed by atoms with Crippen LogP contribution in [0.3, 0.4) is 0 Å². The van der Waals surface area contributed by atoms with Gasteiger partial charge in [-0.25, -0.2) is 28.5 Å². The standard InChI is InChI=1S/C17H17F4N7O4/c1-16(17(20,21)7-31-14(23)28-16)11-8(19)2-3-9(25-11)26-15(29)32-13-12(22)27-10(6-24-13)30-5-4-18/h2-3,6H,4-5,7H2,1H3,(H2,22,27)(H2,23,28)(H,25,26,29)/t16-/m1/s1. The van der Waals surface area contributed by atoms with Crippen molar-refractivity contribution in [1.29, 1.82) is 0 Å². The minimum Gasteiger partial charge on any atom is -0.474 e. The number of halogens is 4. The highest BCUT2D eigenvalue weighted by Gasteiger charge is 2.57. The Labute approximate surface area is 177 Å². The number of carbonyl (C=O) groups excluding carboxylic acids is 1. The molecule has 3 heterocycles. The van der Waals surface area contributed by atoms with Crippen LogP contribution in [0, 0.1) is 5.82 Å². The number of pyridine rings is 1. The third-order valence-corrected chi connectivity index (χ3v) is 4.24. The minimum absolute atomic E-state index is 0.0942. The second kappa shape index (κ2) is 8.68. The Balaban J connectivity index is 1.79. The van der Waals surface area contributed by atoms with E-state index in [2.05, 4.69) is 30.0 Å². The second-order valence-electron chi connectivity index (χ2n) is 6.49. The Morgan fingerprint density at radius 2 is 2.06 bits per heavy atom. The minimum atomic E-state index is -3.65. The molecule has 5 N–H and O–H groups in total. The highest BCUT2D eigenvalue weighted by atomic mass is 19.3. The van der Waals surface area contributed by atoms with Crippen molar-refractivity contribution in [3.8, 4) is 11.8 Å². The Morgan fingerprint density at radius 3 is 2.75 bits per heavy atom. The monoisotopic (exact) mass is 459 g/mol. The van der Waals surface area contributed by atoms with Crippen LogP contribution >= 0.6 is 0 Å². The molecule has 0 saturated heterocycles. The van der Waals surface area contributed by atoms with Gasteiger partial charge in [-0.15, -0.1) is 0 Å². The lowest BCUT2D eigenvalue weighted by Crippen LogP contribution is -2.51. The van der Waals surface area contributed by atoms with Gasteiger partial charge in [0, 0.05) is 0 Å². The summed E-state index contributed by atoms with van der Waals surface area (Å²) >= 11 is 0. The molecule has 0 aliphatic carbocycles. The summed E-state index contributed by atoms with van der Waals surface area (Å²) in [5.74, 6) is -5.95. The molecule has 11 nitrogen and oxygen atoms in total. The number of nitrogens with one attached hydrogen (secondary N) is 1. The molecule has 1 aliphatic rings. The van der Waals surface area contributed by atoms with Gasteiger partial charge in [0.25, 0.3) is 11.9 Å². The van der Waals surface area contributed by atoms with Crippen LogP contribution in [0.1, 0.15) is 12.6 Å². The van der Waals surface area contributed by atoms with E-state index in [1.165, 1.54) is 0 Å². The van der Waals surface area contributed by atoms with Crippen molar-refractivity contribution in [3.63, 3.8) is 0 Å². The number of nitrogen functional groups attached to an aromatic ring is 1. The Kier molecular flexibility index (Phi) is 6.18. The number of rotatable bonds is 6. The topological polar surface area (TPSA) is 160 Å². The van der Waals surface area contributed by atoms with Crippen molar-refractivity contribution in [3.05, 3.63) is 29.8 Å². The zero-order valence-electron chi connectivity index (χ0n) is 16.4. The highest BCUT2D eigenvalue weighted by molar-refractivity contribution is 5.85. The van der Waals surface area contributed by atoms with Crippen molar-refractivity contribution in [2.24, 2.45) is 10.7 Å². The molecule has 0 radical (unpaired) electrons. The van der Waals surface area contributed by atoms with Gasteiger partial charge in [-0.05, 0) is 19.1 Å². The van der Waals surface area contributed by atoms with Crippen molar-refractivity contribution >= 4 is 23.8 Å². The summed E-state index contributed by atoms with van der Waals surface area (Å²) < 4.78 is 69.7. The number of hydrogen-bond acceptors (Lipinski definition) is 10. The number of ether oxygens (including phenoxy) is 3. The van der Waals surface area contributed by atoms with Gasteiger partial charge in [0.15, 0.2) is 18.0 Å². The van der Waals surface area contributed by atoms with E-state index < -0.39 is 54.2 Å². The molecule has 1 amide bonds. The van der Waals surface area contributed by atoms with E-state index in [9.17, 15) is 22.4 Å². The maximum atomic E-state index is 14.5. The largest absolute Gasteiger partial charge is 0.474 e. The zero-order valence-corrected chi connectivity index (χ0v) is 16.4. The lowest BCUT2D eigenvalue weighted by Gasteiger charge is -2.36. The zero-order chi connectivity index (χ0) is 23.5. The smallest absolute Gasteiger partial charge is 0.419 e. The molecule has 32 heavy (non-hydrogen) atoms. The summed E-state index contributed by atoms with van der Waals surface area (Å²) in [6.07, 6.45) is -0.139. The SMILES string of the molecule is C[C@]1(c2nc(NC(=O)Oc3ncc(OCCF)nc3N)ccc2F)N=C(N)OCC1(F)F. The molecule has 15 heteroatoms. The fourth-order valence-electron chi connectivity index (χ4n) is 2.60. The van der Waals surface area contributed by atoms with E-state index in [1.54, 1.807) is 0 Å². The summed E-state index contributed by atoms with van der Waals surface area (Å²) in [7, 11) is 0. The van der Waals surface area contributed by atoms with Crippen molar-refractivity contribution < 1.29 is 36.6 Å². The third-order valence-electron chi connectivity index (χ3n) is 4.24. The van der Waals surface area contributed by atoms with E-state index in [0.29, 0.717) is 0 Å². The van der Waals surface area contributed by atoms with Gasteiger partial charge in [-0.1, -0.05) is 0 Å². The first-order valence-corrected chi connectivity index (χ1v) is 8.89. The van der Waals surface area contributed by atoms with Gasteiger partial charge in [0.1, 0.15) is 30.6 Å². The predicted molar refractivity (Wildman–Crippen MR) is 102 cm³/mol. The van der Waals surface area contributed by atoms with E-state index in [1.807, 2.05) is 0 Å². The van der Waals surface area contributed by atoms with Gasteiger partial charge in [-0.3, -0.25) is 5.32 Å². The lowest BCUT2D eigenvalue weighted by atomic mass is 9.89. The molecule has 1 aliphatic heterocycles. The number of hydrogen-bond donors (Lipinski definition) is 3. The van der Waals surface area contributed by atoms with Crippen LogP contribution in [0.2, 0.25) is 0 Å². The number of aromatic nitrogens is 3. The van der Waals surface area contributed by atoms with Crippen molar-refractivity contribution in [2.45, 2.75) is 18.4 Å². The fraction of sp³-hybridized carbons (Fsp3) is 0.353. The van der Waals surface area contributed by atoms with Crippen LogP contribution in [0.4, 0.5) is 34.0 Å². The summed E-state index contributed by atoms with van der Waals surface area (Å²) in [5, 5.41) is 2.13. The Bertz CT molecular complexity index is 1060. The van der Waals surface area contributed by atoms with Crippen LogP contribution in [0.25, 0.3) is 0 Å². The van der Waals surface area contributed by atoms with E-state index >= 15 is 0 Å². The summed E-state index contributed by atoms with van der Waals surface area (Å²) in [4.78, 5) is 26.8. The van der Waals surface area contributed by atoms with Crippen LogP contribution in [-0.4, -0.2) is 52.9 Å². The van der Waals surface area contributed by atoms with E-state index in [0.717, 1.165) is 25.3 Å². The number of aliphatic imine (C=N–C) groups is 1. The highest BCUT2D eigenvalue weighted by Crippen LogP contribution is 2.43. The average molecular weight is 459 g/mol. The molecule has 0 bridgehead atoms. The lowest BCUT2D eigenvalue weighted by molar-refractivity contribution is -0.118. The van der Waals surface area contributed by atoms with Gasteiger partial charge >= 0.3 is 12.0 Å². The van der Waals surface area contributed by atoms with E-state index in [4.69, 9.17) is 20.9 Å². The predicted octanol–water partition coefficient (Wildman–Crippen LogP) is 1.75. The maximum Gasteiger partial charge on any atom is 0.419 e. The summed E-state index contributed by atoms with van der Waals surface area (Å²) in [6.45, 7) is -1.24. The number of alkyl halides is 3. The van der Waals surface area contributed by atoms with Crippen LogP contribution in [-0.2, 0) is 10.3 Å². The Hall–Kier alpha value is -3.91. The molecule has 0 fully saturated rings. The van der Waals surface area contributed by atoms with Crippen LogP contribution in [0.5, 0.6) is 11.8 Å². The van der Waals surface area contributed by atoms with Gasteiger partial charge in [0.2, 0.25) is 5.88 Å². The summed E-state index contributed by atoms with van der Waals surface area (Å²) in [5.41, 5.74) is 7.70. The van der Waals surface area contributed by atoms with Crippen molar-refractivity contribution in [2.75, 3.05) is 30.9 Å². The number of amides is 1. The molecule has 0 spiro atoms.